The molecule has 0 radical (unpaired) electrons. The van der Waals surface area contributed by atoms with Gasteiger partial charge in [0, 0.05) is 0 Å². The van der Waals surface area contributed by atoms with Crippen molar-refractivity contribution in [3.8, 4) is 0 Å². The van der Waals surface area contributed by atoms with Crippen molar-refractivity contribution in [3.05, 3.63) is 70.8 Å². The molecule has 0 aromatic heterocycles. The number of aliphatic hydroxyl groups excluding tert-OH is 1. The number of aliphatic hydroxyl groups is 2. The molecule has 0 spiro atoms. The second-order valence-corrected chi connectivity index (χ2v) is 7.93. The summed E-state index contributed by atoms with van der Waals surface area (Å²) in [6.07, 6.45) is -1.33. The molecule has 190 valence electrons. The van der Waals surface area contributed by atoms with Crippen LogP contribution in [-0.2, 0) is 32.2 Å². The average molecular weight is 469 g/mol. The van der Waals surface area contributed by atoms with E-state index in [0.29, 0.717) is 26.4 Å². The fraction of sp³-hybridized carbons (Fsp3) is 0.538. The maximum atomic E-state index is 8.51. The molecule has 1 fully saturated rings. The smallest absolute Gasteiger partial charge is 0.175 e. The standard InChI is InChI=1S/C14H20O3.C10H14O3.2CH4.H2O/c1-11-4-6-12(7-5-11)8-15-9-13-10-16-14(2,3)17-13;1-8-2-4-9(5-3-8)6-13-7-10(11)12;;;/h4-7,13H,8-10H2,1-3H3;2-5,10-12H,6-7H2,1H3;2*1H4;1H2. The van der Waals surface area contributed by atoms with Crippen molar-refractivity contribution in [1.82, 2.24) is 0 Å². The zero-order valence-electron chi connectivity index (χ0n) is 18.8. The summed E-state index contributed by atoms with van der Waals surface area (Å²) in [5.41, 5.74) is 4.69. The van der Waals surface area contributed by atoms with Gasteiger partial charge in [0.15, 0.2) is 12.1 Å². The first-order valence-corrected chi connectivity index (χ1v) is 10.2. The Kier molecular flexibility index (Phi) is 16.9. The van der Waals surface area contributed by atoms with E-state index in [9.17, 15) is 0 Å². The Morgan fingerprint density at radius 1 is 0.879 bits per heavy atom. The molecule has 7 nitrogen and oxygen atoms in total. The maximum Gasteiger partial charge on any atom is 0.175 e. The molecule has 3 rings (SSSR count). The fourth-order valence-electron chi connectivity index (χ4n) is 2.80. The highest BCUT2D eigenvalue weighted by Crippen LogP contribution is 2.22. The first-order valence-electron chi connectivity index (χ1n) is 10.2. The predicted molar refractivity (Wildman–Crippen MR) is 132 cm³/mol. The zero-order chi connectivity index (χ0) is 22.0. The first-order chi connectivity index (χ1) is 14.2. The molecule has 7 heteroatoms. The van der Waals surface area contributed by atoms with Crippen LogP contribution >= 0.6 is 0 Å². The van der Waals surface area contributed by atoms with E-state index in [2.05, 4.69) is 31.2 Å². The molecule has 1 heterocycles. The third-order valence-corrected chi connectivity index (χ3v) is 4.42. The Balaban J connectivity index is 0. The van der Waals surface area contributed by atoms with Gasteiger partial charge < -0.3 is 34.6 Å². The molecule has 1 atom stereocenters. The summed E-state index contributed by atoms with van der Waals surface area (Å²) in [6, 6.07) is 16.3. The lowest BCUT2D eigenvalue weighted by atomic mass is 10.2. The minimum absolute atomic E-state index is 0. The van der Waals surface area contributed by atoms with Crippen LogP contribution in [0.25, 0.3) is 0 Å². The molecule has 0 saturated carbocycles. The van der Waals surface area contributed by atoms with Crippen molar-refractivity contribution < 1.29 is 34.6 Å². The van der Waals surface area contributed by atoms with E-state index in [1.54, 1.807) is 0 Å². The van der Waals surface area contributed by atoms with Crippen molar-refractivity contribution in [3.63, 3.8) is 0 Å². The van der Waals surface area contributed by atoms with Gasteiger partial charge in [-0.3, -0.25) is 0 Å². The maximum absolute atomic E-state index is 8.51. The summed E-state index contributed by atoms with van der Waals surface area (Å²) in [5.74, 6) is -0.460. The Hall–Kier alpha value is -1.84. The highest BCUT2D eigenvalue weighted by Gasteiger charge is 2.32. The molecule has 0 amide bonds. The average Bonchev–Trinajstić information content (AvgIpc) is 3.04. The van der Waals surface area contributed by atoms with Crippen LogP contribution in [0.15, 0.2) is 48.5 Å². The van der Waals surface area contributed by atoms with Crippen LogP contribution < -0.4 is 0 Å². The van der Waals surface area contributed by atoms with Crippen molar-refractivity contribution >= 4 is 0 Å². The fourth-order valence-corrected chi connectivity index (χ4v) is 2.80. The van der Waals surface area contributed by atoms with E-state index in [1.165, 1.54) is 16.7 Å². The van der Waals surface area contributed by atoms with E-state index < -0.39 is 12.1 Å². The van der Waals surface area contributed by atoms with Crippen LogP contribution in [-0.4, -0.2) is 53.7 Å². The Morgan fingerprint density at radius 3 is 1.73 bits per heavy atom. The Bertz CT molecular complexity index is 727. The minimum Gasteiger partial charge on any atom is -0.412 e. The lowest BCUT2D eigenvalue weighted by Gasteiger charge is -2.17. The summed E-state index contributed by atoms with van der Waals surface area (Å²) < 4.78 is 21.8. The van der Waals surface area contributed by atoms with Gasteiger partial charge in [0.2, 0.25) is 0 Å². The second-order valence-electron chi connectivity index (χ2n) is 7.93. The van der Waals surface area contributed by atoms with E-state index in [1.807, 2.05) is 45.0 Å². The van der Waals surface area contributed by atoms with E-state index in [4.69, 9.17) is 29.2 Å². The van der Waals surface area contributed by atoms with Gasteiger partial charge in [0.1, 0.15) is 6.10 Å². The molecule has 1 saturated heterocycles. The van der Waals surface area contributed by atoms with Crippen LogP contribution in [0.4, 0.5) is 0 Å². The lowest BCUT2D eigenvalue weighted by Crippen LogP contribution is -2.24. The largest absolute Gasteiger partial charge is 0.412 e. The summed E-state index contributed by atoms with van der Waals surface area (Å²) >= 11 is 0. The minimum atomic E-state index is -1.38. The summed E-state index contributed by atoms with van der Waals surface area (Å²) in [4.78, 5) is 0. The van der Waals surface area contributed by atoms with E-state index >= 15 is 0 Å². The first kappa shape index (κ1) is 33.3. The summed E-state index contributed by atoms with van der Waals surface area (Å²) in [6.45, 7) is 10.1. The number of benzene rings is 2. The van der Waals surface area contributed by atoms with Gasteiger partial charge in [0.05, 0.1) is 33.0 Å². The monoisotopic (exact) mass is 468 g/mol. The summed E-state index contributed by atoms with van der Waals surface area (Å²) in [5, 5.41) is 17.0. The topological polar surface area (TPSA) is 109 Å². The number of rotatable bonds is 8. The van der Waals surface area contributed by atoms with Crippen LogP contribution in [0, 0.1) is 13.8 Å². The normalized spacial score (nSPS) is 16.0. The van der Waals surface area contributed by atoms with E-state index in [-0.39, 0.29) is 33.0 Å². The van der Waals surface area contributed by atoms with Crippen LogP contribution in [0.3, 0.4) is 0 Å². The molecule has 1 aliphatic heterocycles. The molecular formula is C26H44O7. The van der Waals surface area contributed by atoms with Crippen molar-refractivity contribution in [2.45, 2.75) is 73.9 Å². The van der Waals surface area contributed by atoms with Gasteiger partial charge in [-0.15, -0.1) is 0 Å². The third kappa shape index (κ3) is 14.1. The van der Waals surface area contributed by atoms with Crippen molar-refractivity contribution in [2.75, 3.05) is 19.8 Å². The quantitative estimate of drug-likeness (QED) is 0.568. The molecule has 0 bridgehead atoms. The van der Waals surface area contributed by atoms with Gasteiger partial charge in [-0.1, -0.05) is 74.5 Å². The second kappa shape index (κ2) is 16.7. The molecule has 0 aliphatic carbocycles. The van der Waals surface area contributed by atoms with Crippen LogP contribution in [0.5, 0.6) is 0 Å². The van der Waals surface area contributed by atoms with Crippen molar-refractivity contribution in [2.24, 2.45) is 0 Å². The number of hydrogen-bond donors (Lipinski definition) is 2. The van der Waals surface area contributed by atoms with Gasteiger partial charge in [-0.25, -0.2) is 0 Å². The zero-order valence-corrected chi connectivity index (χ0v) is 18.8. The molecule has 2 aromatic rings. The SMILES string of the molecule is C.C.Cc1ccc(COCC(O)O)cc1.Cc1ccc(COCC2COC(C)(C)O2)cc1.O. The Morgan fingerprint density at radius 2 is 1.33 bits per heavy atom. The van der Waals surface area contributed by atoms with Crippen molar-refractivity contribution in [1.29, 1.82) is 0 Å². The lowest BCUT2D eigenvalue weighted by molar-refractivity contribution is -0.145. The number of aryl methyl sites for hydroxylation is 2. The highest BCUT2D eigenvalue weighted by atomic mass is 16.7. The summed E-state index contributed by atoms with van der Waals surface area (Å²) in [7, 11) is 0. The molecule has 4 N–H and O–H groups in total. The number of hydrogen-bond acceptors (Lipinski definition) is 6. The van der Waals surface area contributed by atoms with Crippen LogP contribution in [0.2, 0.25) is 0 Å². The predicted octanol–water partition coefficient (Wildman–Crippen LogP) is 3.93. The Labute approximate surface area is 199 Å². The van der Waals surface area contributed by atoms with Gasteiger partial charge in [-0.2, -0.15) is 0 Å². The third-order valence-electron chi connectivity index (χ3n) is 4.42. The molecule has 33 heavy (non-hydrogen) atoms. The number of ether oxygens (including phenoxy) is 4. The van der Waals surface area contributed by atoms with Gasteiger partial charge in [0.25, 0.3) is 0 Å². The molecule has 1 unspecified atom stereocenters. The van der Waals surface area contributed by atoms with E-state index in [0.717, 1.165) is 5.56 Å². The highest BCUT2D eigenvalue weighted by molar-refractivity contribution is 5.21. The molecule has 1 aliphatic rings. The molecular weight excluding hydrogens is 424 g/mol. The van der Waals surface area contributed by atoms with Crippen LogP contribution in [0.1, 0.15) is 51.0 Å². The van der Waals surface area contributed by atoms with Gasteiger partial charge in [-0.05, 0) is 38.8 Å². The molecule has 2 aromatic carbocycles. The van der Waals surface area contributed by atoms with Gasteiger partial charge >= 0.3 is 0 Å².